The maximum Gasteiger partial charge on any atom is 0.276 e. The molecule has 2 aliphatic heterocycles. The van der Waals surface area contributed by atoms with Crippen LogP contribution < -0.4 is 15.8 Å². The molecule has 1 aromatic carbocycles. The van der Waals surface area contributed by atoms with Gasteiger partial charge in [-0.3, -0.25) is 9.80 Å². The van der Waals surface area contributed by atoms with Gasteiger partial charge in [0.15, 0.2) is 5.84 Å². The minimum absolute atomic E-state index is 0.113. The van der Waals surface area contributed by atoms with Crippen LogP contribution in [0.15, 0.2) is 34.7 Å². The van der Waals surface area contributed by atoms with E-state index in [1.807, 2.05) is 25.1 Å². The number of allylic oxidation sites excluding steroid dienone is 1. The lowest BCUT2D eigenvalue weighted by atomic mass is 10.1. The molecule has 140 valence electrons. The predicted octanol–water partition coefficient (Wildman–Crippen LogP) is 2.24. The molecule has 7 heteroatoms. The number of hydrogen-bond acceptors (Lipinski definition) is 6. The number of unbranched alkanes of at least 4 members (excludes halogenated alkanes) is 1. The van der Waals surface area contributed by atoms with E-state index in [1.165, 1.54) is 0 Å². The summed E-state index contributed by atoms with van der Waals surface area (Å²) in [5.41, 5.74) is 8.58. The fourth-order valence-corrected chi connectivity index (χ4v) is 2.91. The molecule has 0 aromatic heterocycles. The molecule has 0 aliphatic carbocycles. The quantitative estimate of drug-likeness (QED) is 0.576. The molecule has 1 aromatic rings. The SMILES string of the molecule is CCCCN1N=C(c2cc(C3CO3)ccc2OCC)NC(=O)/C1=C(\C)N. The monoisotopic (exact) mass is 358 g/mol. The standard InChI is InChI=1S/C19H26N4O3/c1-4-6-9-23-17(12(3)20)19(24)21-18(22-23)14-10-13(16-11-26-16)7-8-15(14)25-5-2/h7-8,10,16H,4-6,9,11,20H2,1-3H3,(H,21,22,24)/b17-12-. The molecule has 26 heavy (non-hydrogen) atoms. The van der Waals surface area contributed by atoms with Crippen molar-refractivity contribution in [3.8, 4) is 5.75 Å². The van der Waals surface area contributed by atoms with E-state index in [9.17, 15) is 4.79 Å². The largest absolute Gasteiger partial charge is 0.493 e. The topological polar surface area (TPSA) is 92.5 Å². The number of amides is 1. The van der Waals surface area contributed by atoms with Gasteiger partial charge in [0.2, 0.25) is 0 Å². The Morgan fingerprint density at radius 2 is 2.23 bits per heavy atom. The fourth-order valence-electron chi connectivity index (χ4n) is 2.91. The summed E-state index contributed by atoms with van der Waals surface area (Å²) in [6.45, 7) is 7.61. The van der Waals surface area contributed by atoms with Crippen LogP contribution in [0.1, 0.15) is 50.8 Å². The molecule has 0 spiro atoms. The van der Waals surface area contributed by atoms with Crippen molar-refractivity contribution in [3.63, 3.8) is 0 Å². The van der Waals surface area contributed by atoms with Gasteiger partial charge in [-0.1, -0.05) is 19.4 Å². The van der Waals surface area contributed by atoms with Crippen LogP contribution in [0.2, 0.25) is 0 Å². The van der Waals surface area contributed by atoms with E-state index in [1.54, 1.807) is 11.9 Å². The number of nitrogens with two attached hydrogens (primary N) is 1. The van der Waals surface area contributed by atoms with Gasteiger partial charge in [0.1, 0.15) is 17.6 Å². The van der Waals surface area contributed by atoms with Crippen LogP contribution in [0.3, 0.4) is 0 Å². The van der Waals surface area contributed by atoms with Crippen LogP contribution >= 0.6 is 0 Å². The van der Waals surface area contributed by atoms with Gasteiger partial charge in [-0.2, -0.15) is 5.10 Å². The molecule has 2 heterocycles. The van der Waals surface area contributed by atoms with Crippen LogP contribution in [0.5, 0.6) is 5.75 Å². The van der Waals surface area contributed by atoms with E-state index in [-0.39, 0.29) is 12.0 Å². The summed E-state index contributed by atoms with van der Waals surface area (Å²) in [6, 6.07) is 5.87. The average molecular weight is 358 g/mol. The second-order valence-electron chi connectivity index (χ2n) is 6.42. The molecule has 2 aliphatic rings. The summed E-state index contributed by atoms with van der Waals surface area (Å²) in [5, 5.41) is 9.23. The Morgan fingerprint density at radius 3 is 2.85 bits per heavy atom. The molecule has 0 radical (unpaired) electrons. The van der Waals surface area contributed by atoms with Gasteiger partial charge >= 0.3 is 0 Å². The molecular formula is C19H26N4O3. The summed E-state index contributed by atoms with van der Waals surface area (Å²) < 4.78 is 11.1. The Kier molecular flexibility index (Phi) is 5.46. The number of nitrogens with zero attached hydrogens (tertiary/aromatic N) is 2. The molecule has 0 saturated carbocycles. The highest BCUT2D eigenvalue weighted by atomic mass is 16.6. The van der Waals surface area contributed by atoms with Crippen LogP contribution in [0, 0.1) is 0 Å². The molecule has 7 nitrogen and oxygen atoms in total. The highest BCUT2D eigenvalue weighted by Crippen LogP contribution is 2.33. The number of carbonyl (C=O) groups excluding carboxylic acids is 1. The number of hydrazone groups is 1. The van der Waals surface area contributed by atoms with Crippen LogP contribution in [-0.2, 0) is 9.53 Å². The Balaban J connectivity index is 2.02. The molecule has 1 fully saturated rings. The second-order valence-corrected chi connectivity index (χ2v) is 6.42. The molecule has 3 N–H and O–H groups in total. The fraction of sp³-hybridized carbons (Fsp3) is 0.474. The van der Waals surface area contributed by atoms with Crippen molar-refractivity contribution < 1.29 is 14.3 Å². The highest BCUT2D eigenvalue weighted by Gasteiger charge is 2.30. The summed E-state index contributed by atoms with van der Waals surface area (Å²) in [5.74, 6) is 0.909. The number of nitrogens with one attached hydrogen (secondary N) is 1. The third-order valence-electron chi connectivity index (χ3n) is 4.29. The first kappa shape index (κ1) is 18.3. The number of ether oxygens (including phenoxy) is 2. The molecule has 1 saturated heterocycles. The summed E-state index contributed by atoms with van der Waals surface area (Å²) in [4.78, 5) is 12.7. The van der Waals surface area contributed by atoms with Crippen LogP contribution in [0.4, 0.5) is 0 Å². The van der Waals surface area contributed by atoms with Crippen molar-refractivity contribution in [2.24, 2.45) is 10.8 Å². The minimum atomic E-state index is -0.248. The smallest absolute Gasteiger partial charge is 0.276 e. The van der Waals surface area contributed by atoms with E-state index >= 15 is 0 Å². The number of benzene rings is 1. The number of rotatable bonds is 7. The van der Waals surface area contributed by atoms with Crippen LogP contribution in [-0.4, -0.2) is 36.5 Å². The van der Waals surface area contributed by atoms with Gasteiger partial charge in [-0.25, -0.2) is 0 Å². The Hall–Kier alpha value is -2.54. The van der Waals surface area contributed by atoms with Crippen molar-refractivity contribution >= 4 is 11.7 Å². The second kappa shape index (κ2) is 7.78. The molecule has 1 atom stereocenters. The summed E-state index contributed by atoms with van der Waals surface area (Å²) >= 11 is 0. The Bertz CT molecular complexity index is 749. The van der Waals surface area contributed by atoms with Crippen molar-refractivity contribution in [2.75, 3.05) is 19.8 Å². The van der Waals surface area contributed by atoms with Crippen molar-refractivity contribution in [2.45, 2.75) is 39.7 Å². The third-order valence-corrected chi connectivity index (χ3v) is 4.29. The van der Waals surface area contributed by atoms with Gasteiger partial charge in [-0.15, -0.1) is 0 Å². The van der Waals surface area contributed by atoms with Crippen molar-refractivity contribution in [1.82, 2.24) is 10.3 Å². The third kappa shape index (κ3) is 3.83. The maximum atomic E-state index is 12.7. The number of epoxide rings is 1. The first-order valence-corrected chi connectivity index (χ1v) is 9.07. The van der Waals surface area contributed by atoms with E-state index in [0.717, 1.165) is 24.0 Å². The lowest BCUT2D eigenvalue weighted by Gasteiger charge is -2.29. The number of amidine groups is 1. The summed E-state index contributed by atoms with van der Waals surface area (Å²) in [7, 11) is 0. The Morgan fingerprint density at radius 1 is 1.46 bits per heavy atom. The maximum absolute atomic E-state index is 12.7. The zero-order valence-corrected chi connectivity index (χ0v) is 15.5. The zero-order valence-electron chi connectivity index (χ0n) is 15.5. The van der Waals surface area contributed by atoms with Gasteiger partial charge in [0, 0.05) is 12.2 Å². The lowest BCUT2D eigenvalue weighted by Crippen LogP contribution is -2.45. The van der Waals surface area contributed by atoms with Gasteiger partial charge in [-0.05, 0) is 38.0 Å². The van der Waals surface area contributed by atoms with Crippen molar-refractivity contribution in [3.05, 3.63) is 40.7 Å². The number of hydrogen-bond donors (Lipinski definition) is 2. The summed E-state index contributed by atoms with van der Waals surface area (Å²) in [6.07, 6.45) is 2.02. The normalized spacial score (nSPS) is 21.2. The van der Waals surface area contributed by atoms with Crippen LogP contribution in [0.25, 0.3) is 0 Å². The first-order chi connectivity index (χ1) is 12.5. The predicted molar refractivity (Wildman–Crippen MR) is 99.5 cm³/mol. The Labute approximate surface area is 153 Å². The van der Waals surface area contributed by atoms with Gasteiger partial charge in [0.25, 0.3) is 5.91 Å². The van der Waals surface area contributed by atoms with E-state index in [4.69, 9.17) is 15.2 Å². The van der Waals surface area contributed by atoms with E-state index in [0.29, 0.717) is 42.7 Å². The molecule has 3 rings (SSSR count). The van der Waals surface area contributed by atoms with E-state index in [2.05, 4.69) is 17.3 Å². The number of carbonyl (C=O) groups is 1. The van der Waals surface area contributed by atoms with Gasteiger partial charge < -0.3 is 20.5 Å². The molecule has 0 bridgehead atoms. The van der Waals surface area contributed by atoms with E-state index < -0.39 is 0 Å². The molecule has 1 amide bonds. The average Bonchev–Trinajstić information content (AvgIpc) is 3.44. The molecular weight excluding hydrogens is 332 g/mol. The highest BCUT2D eigenvalue weighted by molar-refractivity contribution is 6.15. The first-order valence-electron chi connectivity index (χ1n) is 9.07. The van der Waals surface area contributed by atoms with Gasteiger partial charge in [0.05, 0.1) is 18.8 Å². The molecule has 1 unspecified atom stereocenters. The lowest BCUT2D eigenvalue weighted by molar-refractivity contribution is -0.118. The zero-order chi connectivity index (χ0) is 18.7. The minimum Gasteiger partial charge on any atom is -0.493 e. The van der Waals surface area contributed by atoms with Crippen molar-refractivity contribution in [1.29, 1.82) is 0 Å².